The lowest BCUT2D eigenvalue weighted by molar-refractivity contribution is -0.914. The number of nitrogens with one attached hydrogen (secondary N) is 1. The number of morpholine rings is 1. The third-order valence-electron chi connectivity index (χ3n) is 4.28. The Morgan fingerprint density at radius 2 is 1.55 bits per heavy atom. The Labute approximate surface area is 130 Å². The van der Waals surface area contributed by atoms with Crippen molar-refractivity contribution in [2.75, 3.05) is 32.8 Å². The van der Waals surface area contributed by atoms with Crippen LogP contribution in [-0.4, -0.2) is 38.0 Å². The molecule has 1 heterocycles. The molecule has 1 saturated heterocycles. The lowest BCUT2D eigenvalue weighted by Crippen LogP contribution is -3.15. The third kappa shape index (κ3) is 3.19. The van der Waals surface area contributed by atoms with Gasteiger partial charge in [0.15, 0.2) is 5.60 Å². The highest BCUT2D eigenvalue weighted by Gasteiger charge is 2.36. The Kier molecular flexibility index (Phi) is 4.52. The summed E-state index contributed by atoms with van der Waals surface area (Å²) in [7, 11) is 0. The van der Waals surface area contributed by atoms with Gasteiger partial charge in [0.05, 0.1) is 13.2 Å². The van der Waals surface area contributed by atoms with Gasteiger partial charge in [-0.05, 0) is 23.3 Å². The molecule has 4 heteroatoms. The topological polar surface area (TPSA) is 33.9 Å². The van der Waals surface area contributed by atoms with Gasteiger partial charge in [0.25, 0.3) is 0 Å². The van der Waals surface area contributed by atoms with E-state index in [0.29, 0.717) is 19.8 Å². The molecule has 0 radical (unpaired) electrons. The Balaban J connectivity index is 1.95. The van der Waals surface area contributed by atoms with Crippen LogP contribution in [0.4, 0.5) is 4.39 Å². The minimum Gasteiger partial charge on any atom is -0.375 e. The van der Waals surface area contributed by atoms with Gasteiger partial charge in [-0.25, -0.2) is 4.39 Å². The zero-order valence-corrected chi connectivity index (χ0v) is 12.5. The van der Waals surface area contributed by atoms with Crippen LogP contribution < -0.4 is 4.90 Å². The Hall–Kier alpha value is -1.75. The van der Waals surface area contributed by atoms with Crippen molar-refractivity contribution in [1.82, 2.24) is 0 Å². The second-order valence-corrected chi connectivity index (χ2v) is 5.77. The summed E-state index contributed by atoms with van der Waals surface area (Å²) in [6, 6.07) is 15.7. The molecule has 116 valence electrons. The SMILES string of the molecule is O[C@](C[NH+]1CCOCC1)(c1ccccc1)c1ccc(F)cc1. The third-order valence-corrected chi connectivity index (χ3v) is 4.28. The monoisotopic (exact) mass is 302 g/mol. The summed E-state index contributed by atoms with van der Waals surface area (Å²) in [4.78, 5) is 1.29. The molecule has 3 nitrogen and oxygen atoms in total. The van der Waals surface area contributed by atoms with Gasteiger partial charge in [0.2, 0.25) is 0 Å². The van der Waals surface area contributed by atoms with Gasteiger partial charge in [0, 0.05) is 0 Å². The van der Waals surface area contributed by atoms with E-state index >= 15 is 0 Å². The van der Waals surface area contributed by atoms with Crippen molar-refractivity contribution >= 4 is 0 Å². The number of aliphatic hydroxyl groups is 1. The van der Waals surface area contributed by atoms with E-state index in [4.69, 9.17) is 4.74 Å². The fourth-order valence-electron chi connectivity index (χ4n) is 3.01. The molecule has 1 atom stereocenters. The fraction of sp³-hybridized carbons (Fsp3) is 0.333. The first-order valence-corrected chi connectivity index (χ1v) is 7.64. The van der Waals surface area contributed by atoms with Gasteiger partial charge in [-0.1, -0.05) is 42.5 Å². The minimum atomic E-state index is -1.12. The number of hydrogen-bond donors (Lipinski definition) is 2. The van der Waals surface area contributed by atoms with Gasteiger partial charge in [-0.2, -0.15) is 0 Å². The lowest BCUT2D eigenvalue weighted by Gasteiger charge is -2.34. The van der Waals surface area contributed by atoms with E-state index in [1.807, 2.05) is 30.3 Å². The maximum absolute atomic E-state index is 13.2. The van der Waals surface area contributed by atoms with Crippen LogP contribution in [0.1, 0.15) is 11.1 Å². The number of hydrogen-bond acceptors (Lipinski definition) is 2. The fourth-order valence-corrected chi connectivity index (χ4v) is 3.01. The average Bonchev–Trinajstić information content (AvgIpc) is 2.57. The largest absolute Gasteiger partial charge is 0.375 e. The minimum absolute atomic E-state index is 0.294. The van der Waals surface area contributed by atoms with Gasteiger partial charge in [-0.3, -0.25) is 0 Å². The molecule has 1 fully saturated rings. The number of quaternary nitrogens is 1. The molecule has 0 aromatic heterocycles. The van der Waals surface area contributed by atoms with E-state index in [-0.39, 0.29) is 5.82 Å². The van der Waals surface area contributed by atoms with E-state index in [1.165, 1.54) is 17.0 Å². The highest BCUT2D eigenvalue weighted by Crippen LogP contribution is 2.28. The van der Waals surface area contributed by atoms with Crippen LogP contribution in [0.25, 0.3) is 0 Å². The lowest BCUT2D eigenvalue weighted by atomic mass is 9.85. The zero-order valence-electron chi connectivity index (χ0n) is 12.5. The van der Waals surface area contributed by atoms with Crippen molar-refractivity contribution in [2.45, 2.75) is 5.60 Å². The smallest absolute Gasteiger partial charge is 0.163 e. The second kappa shape index (κ2) is 6.57. The summed E-state index contributed by atoms with van der Waals surface area (Å²) in [5.41, 5.74) is 0.432. The molecule has 2 aromatic carbocycles. The van der Waals surface area contributed by atoms with E-state index in [9.17, 15) is 9.50 Å². The predicted molar refractivity (Wildman–Crippen MR) is 82.2 cm³/mol. The maximum atomic E-state index is 13.2. The summed E-state index contributed by atoms with van der Waals surface area (Å²) in [5.74, 6) is -0.294. The molecule has 1 aliphatic rings. The Morgan fingerprint density at radius 3 is 2.18 bits per heavy atom. The molecule has 0 amide bonds. The summed E-state index contributed by atoms with van der Waals surface area (Å²) < 4.78 is 18.6. The normalized spacial score (nSPS) is 18.8. The van der Waals surface area contributed by atoms with Crippen LogP contribution >= 0.6 is 0 Å². The summed E-state index contributed by atoms with van der Waals surface area (Å²) in [6.07, 6.45) is 0. The molecule has 2 N–H and O–H groups in total. The molecule has 1 aliphatic heterocycles. The van der Waals surface area contributed by atoms with Crippen LogP contribution in [0, 0.1) is 5.82 Å². The van der Waals surface area contributed by atoms with Crippen LogP contribution in [0.15, 0.2) is 54.6 Å². The molecule has 2 aromatic rings. The van der Waals surface area contributed by atoms with Gasteiger partial charge in [0.1, 0.15) is 25.5 Å². The van der Waals surface area contributed by atoms with Crippen molar-refractivity contribution in [3.05, 3.63) is 71.5 Å². The molecule has 0 saturated carbocycles. The van der Waals surface area contributed by atoms with Crippen molar-refractivity contribution in [3.63, 3.8) is 0 Å². The van der Waals surface area contributed by atoms with Gasteiger partial charge < -0.3 is 14.7 Å². The molecule has 3 rings (SSSR count). The first-order valence-electron chi connectivity index (χ1n) is 7.64. The van der Waals surface area contributed by atoms with Crippen LogP contribution in [0.5, 0.6) is 0 Å². The molecular weight excluding hydrogens is 281 g/mol. The summed E-state index contributed by atoms with van der Waals surface area (Å²) in [6.45, 7) is 3.71. The molecular formula is C18H21FNO2+. The van der Waals surface area contributed by atoms with Crippen molar-refractivity contribution in [2.24, 2.45) is 0 Å². The maximum Gasteiger partial charge on any atom is 0.163 e. The summed E-state index contributed by atoms with van der Waals surface area (Å²) >= 11 is 0. The molecule has 0 aliphatic carbocycles. The number of halogens is 1. The van der Waals surface area contributed by atoms with Crippen LogP contribution in [-0.2, 0) is 10.3 Å². The number of rotatable bonds is 4. The number of benzene rings is 2. The van der Waals surface area contributed by atoms with E-state index in [1.54, 1.807) is 12.1 Å². The Morgan fingerprint density at radius 1 is 0.955 bits per heavy atom. The average molecular weight is 302 g/mol. The molecule has 0 spiro atoms. The van der Waals surface area contributed by atoms with E-state index < -0.39 is 5.60 Å². The highest BCUT2D eigenvalue weighted by molar-refractivity contribution is 5.36. The predicted octanol–water partition coefficient (Wildman–Crippen LogP) is 0.977. The Bertz CT molecular complexity index is 596. The molecule has 22 heavy (non-hydrogen) atoms. The quantitative estimate of drug-likeness (QED) is 0.883. The second-order valence-electron chi connectivity index (χ2n) is 5.77. The molecule has 0 unspecified atom stereocenters. The van der Waals surface area contributed by atoms with Gasteiger partial charge >= 0.3 is 0 Å². The zero-order chi connectivity index (χ0) is 15.4. The first-order chi connectivity index (χ1) is 10.7. The van der Waals surface area contributed by atoms with Crippen LogP contribution in [0.2, 0.25) is 0 Å². The van der Waals surface area contributed by atoms with Crippen molar-refractivity contribution in [1.29, 1.82) is 0 Å². The summed E-state index contributed by atoms with van der Waals surface area (Å²) in [5, 5.41) is 11.4. The highest BCUT2D eigenvalue weighted by atomic mass is 19.1. The first kappa shape index (κ1) is 15.2. The van der Waals surface area contributed by atoms with E-state index in [0.717, 1.165) is 24.2 Å². The molecule has 0 bridgehead atoms. The number of ether oxygens (including phenoxy) is 1. The standard InChI is InChI=1S/C18H20FNO2/c19-17-8-6-16(7-9-17)18(21,15-4-2-1-3-5-15)14-20-10-12-22-13-11-20/h1-9,21H,10-14H2/p+1/t18-/m1/s1. The van der Waals surface area contributed by atoms with Crippen molar-refractivity contribution in [3.8, 4) is 0 Å². The van der Waals surface area contributed by atoms with Gasteiger partial charge in [-0.15, -0.1) is 0 Å². The van der Waals surface area contributed by atoms with Crippen molar-refractivity contribution < 1.29 is 19.1 Å². The van der Waals surface area contributed by atoms with Crippen LogP contribution in [0.3, 0.4) is 0 Å². The van der Waals surface area contributed by atoms with E-state index in [2.05, 4.69) is 0 Å².